The van der Waals surface area contributed by atoms with E-state index in [9.17, 15) is 4.79 Å². The van der Waals surface area contributed by atoms with Crippen LogP contribution in [0, 0.1) is 0 Å². The van der Waals surface area contributed by atoms with Gasteiger partial charge in [-0.15, -0.1) is 0 Å². The number of amides is 1. The third-order valence-corrected chi connectivity index (χ3v) is 5.21. The summed E-state index contributed by atoms with van der Waals surface area (Å²) in [4.78, 5) is 16.1. The Bertz CT molecular complexity index is 963. The molecule has 0 saturated heterocycles. The van der Waals surface area contributed by atoms with Gasteiger partial charge in [-0.25, -0.2) is 0 Å². The van der Waals surface area contributed by atoms with Crippen molar-refractivity contribution in [3.63, 3.8) is 0 Å². The molecule has 0 spiro atoms. The van der Waals surface area contributed by atoms with Gasteiger partial charge in [-0.3, -0.25) is 4.79 Å². The van der Waals surface area contributed by atoms with Crippen molar-refractivity contribution >= 4 is 16.8 Å². The number of fused-ring (bicyclic) bond motifs is 2. The molecule has 2 N–H and O–H groups in total. The Morgan fingerprint density at radius 3 is 2.85 bits per heavy atom. The minimum Gasteiger partial charge on any atom is -0.454 e. The van der Waals surface area contributed by atoms with Crippen LogP contribution in [0.5, 0.6) is 11.5 Å². The summed E-state index contributed by atoms with van der Waals surface area (Å²) in [7, 11) is 0. The Morgan fingerprint density at radius 1 is 1.15 bits per heavy atom. The molecule has 0 fully saturated rings. The number of hydrogen-bond donors (Lipinski definition) is 2. The molecule has 4 rings (SSSR count). The van der Waals surface area contributed by atoms with Gasteiger partial charge in [0.05, 0.1) is 0 Å². The number of H-pyrrole nitrogens is 1. The SMILES string of the molecule is CC[C@@H](C)NC(=O)C[C@@H](c1cccc2c1OCO2)c1c[nH]c2ccccc12. The van der Waals surface area contributed by atoms with Gasteiger partial charge in [0.1, 0.15) is 0 Å². The minimum atomic E-state index is -0.123. The first-order chi connectivity index (χ1) is 13.2. The fraction of sp³-hybridized carbons (Fsp3) is 0.318. The van der Waals surface area contributed by atoms with Crippen LogP contribution in [0.15, 0.2) is 48.7 Å². The maximum Gasteiger partial charge on any atom is 0.231 e. The summed E-state index contributed by atoms with van der Waals surface area (Å²) in [6.07, 6.45) is 3.26. The standard InChI is InChI=1S/C22H24N2O3/c1-3-14(2)24-21(25)11-17(16-8-6-10-20-22(16)27-13-26-20)18-12-23-19-9-5-4-7-15(18)19/h4-10,12,14,17,23H,3,11,13H2,1-2H3,(H,24,25)/t14-,17+/m1/s1. The molecule has 3 aromatic rings. The zero-order valence-electron chi connectivity index (χ0n) is 15.6. The van der Waals surface area contributed by atoms with Crippen molar-refractivity contribution in [1.82, 2.24) is 10.3 Å². The van der Waals surface area contributed by atoms with Crippen LogP contribution in [-0.4, -0.2) is 23.7 Å². The predicted octanol–water partition coefficient (Wildman–Crippen LogP) is 4.33. The normalized spacial score (nSPS) is 14.9. The predicted molar refractivity (Wildman–Crippen MR) is 105 cm³/mol. The van der Waals surface area contributed by atoms with Crippen molar-refractivity contribution in [2.24, 2.45) is 0 Å². The van der Waals surface area contributed by atoms with Crippen molar-refractivity contribution in [3.8, 4) is 11.5 Å². The van der Waals surface area contributed by atoms with E-state index in [0.717, 1.165) is 39.9 Å². The van der Waals surface area contributed by atoms with Gasteiger partial charge in [0, 0.05) is 41.0 Å². The molecule has 27 heavy (non-hydrogen) atoms. The number of aromatic amines is 1. The number of carbonyl (C=O) groups is 1. The molecule has 1 aromatic heterocycles. The summed E-state index contributed by atoms with van der Waals surface area (Å²) in [5, 5.41) is 4.21. The average Bonchev–Trinajstić information content (AvgIpc) is 3.32. The lowest BCUT2D eigenvalue weighted by atomic mass is 9.87. The fourth-order valence-corrected chi connectivity index (χ4v) is 3.62. The largest absolute Gasteiger partial charge is 0.454 e. The Morgan fingerprint density at radius 2 is 2.00 bits per heavy atom. The highest BCUT2D eigenvalue weighted by molar-refractivity contribution is 5.86. The second-order valence-corrected chi connectivity index (χ2v) is 7.00. The molecule has 0 bridgehead atoms. The van der Waals surface area contributed by atoms with Crippen LogP contribution in [-0.2, 0) is 4.79 Å². The molecule has 0 radical (unpaired) electrons. The molecule has 1 aliphatic heterocycles. The van der Waals surface area contributed by atoms with Gasteiger partial charge in [-0.2, -0.15) is 0 Å². The Kier molecular flexibility index (Phi) is 4.75. The van der Waals surface area contributed by atoms with E-state index in [1.165, 1.54) is 0 Å². The van der Waals surface area contributed by atoms with Crippen LogP contribution < -0.4 is 14.8 Å². The molecule has 2 atom stereocenters. The smallest absolute Gasteiger partial charge is 0.231 e. The van der Waals surface area contributed by atoms with Crippen LogP contribution in [0.2, 0.25) is 0 Å². The molecule has 0 aliphatic carbocycles. The van der Waals surface area contributed by atoms with Gasteiger partial charge >= 0.3 is 0 Å². The van der Waals surface area contributed by atoms with Crippen molar-refractivity contribution < 1.29 is 14.3 Å². The lowest BCUT2D eigenvalue weighted by molar-refractivity contribution is -0.121. The van der Waals surface area contributed by atoms with Gasteiger partial charge in [0.25, 0.3) is 0 Å². The molecule has 0 unspecified atom stereocenters. The summed E-state index contributed by atoms with van der Waals surface area (Å²) in [5.41, 5.74) is 3.13. The maximum absolute atomic E-state index is 12.7. The second-order valence-electron chi connectivity index (χ2n) is 7.00. The van der Waals surface area contributed by atoms with E-state index in [0.29, 0.717) is 6.42 Å². The minimum absolute atomic E-state index is 0.0381. The molecule has 1 amide bonds. The summed E-state index contributed by atoms with van der Waals surface area (Å²) in [6.45, 7) is 4.30. The van der Waals surface area contributed by atoms with Crippen LogP contribution >= 0.6 is 0 Å². The van der Waals surface area contributed by atoms with Gasteiger partial charge in [-0.05, 0) is 31.0 Å². The zero-order chi connectivity index (χ0) is 18.8. The molecular formula is C22H24N2O3. The molecule has 140 valence electrons. The van der Waals surface area contributed by atoms with Crippen LogP contribution in [0.1, 0.15) is 43.7 Å². The molecule has 1 aliphatic rings. The first-order valence-electron chi connectivity index (χ1n) is 9.41. The van der Waals surface area contributed by atoms with Gasteiger partial charge in [-0.1, -0.05) is 37.3 Å². The number of rotatable bonds is 6. The highest BCUT2D eigenvalue weighted by Crippen LogP contribution is 2.44. The monoisotopic (exact) mass is 364 g/mol. The lowest BCUT2D eigenvalue weighted by Gasteiger charge is -2.20. The van der Waals surface area contributed by atoms with Gasteiger partial charge in [0.15, 0.2) is 11.5 Å². The summed E-state index contributed by atoms with van der Waals surface area (Å²) < 4.78 is 11.3. The number of nitrogens with one attached hydrogen (secondary N) is 2. The fourth-order valence-electron chi connectivity index (χ4n) is 3.62. The molecular weight excluding hydrogens is 340 g/mol. The average molecular weight is 364 g/mol. The number of benzene rings is 2. The number of para-hydroxylation sites is 2. The van der Waals surface area contributed by atoms with E-state index in [4.69, 9.17) is 9.47 Å². The van der Waals surface area contributed by atoms with Gasteiger partial charge in [0.2, 0.25) is 12.7 Å². The number of hydrogen-bond acceptors (Lipinski definition) is 3. The zero-order valence-corrected chi connectivity index (χ0v) is 15.6. The van der Waals surface area contributed by atoms with Crippen LogP contribution in [0.4, 0.5) is 0 Å². The van der Waals surface area contributed by atoms with Crippen molar-refractivity contribution in [2.45, 2.75) is 38.6 Å². The maximum atomic E-state index is 12.7. The van der Waals surface area contributed by atoms with E-state index in [1.807, 2.05) is 49.5 Å². The topological polar surface area (TPSA) is 63.4 Å². The van der Waals surface area contributed by atoms with Crippen molar-refractivity contribution in [1.29, 1.82) is 0 Å². The Balaban J connectivity index is 1.76. The number of ether oxygens (including phenoxy) is 2. The molecule has 0 saturated carbocycles. The Hall–Kier alpha value is -2.95. The molecule has 2 aromatic carbocycles. The summed E-state index contributed by atoms with van der Waals surface area (Å²) in [5.74, 6) is 1.39. The highest BCUT2D eigenvalue weighted by Gasteiger charge is 2.28. The van der Waals surface area contributed by atoms with Crippen LogP contribution in [0.3, 0.4) is 0 Å². The lowest BCUT2D eigenvalue weighted by Crippen LogP contribution is -2.33. The van der Waals surface area contributed by atoms with E-state index >= 15 is 0 Å². The van der Waals surface area contributed by atoms with Crippen molar-refractivity contribution in [2.75, 3.05) is 6.79 Å². The second kappa shape index (κ2) is 7.35. The van der Waals surface area contributed by atoms with Crippen molar-refractivity contribution in [3.05, 3.63) is 59.8 Å². The van der Waals surface area contributed by atoms with E-state index < -0.39 is 0 Å². The highest BCUT2D eigenvalue weighted by atomic mass is 16.7. The molecule has 5 heteroatoms. The van der Waals surface area contributed by atoms with E-state index in [-0.39, 0.29) is 24.7 Å². The van der Waals surface area contributed by atoms with E-state index in [2.05, 4.69) is 23.3 Å². The Labute approximate surface area is 158 Å². The third kappa shape index (κ3) is 3.37. The first-order valence-corrected chi connectivity index (χ1v) is 9.41. The molecule has 2 heterocycles. The summed E-state index contributed by atoms with van der Waals surface area (Å²) >= 11 is 0. The molecule has 5 nitrogen and oxygen atoms in total. The summed E-state index contributed by atoms with van der Waals surface area (Å²) in [6, 6.07) is 14.2. The van der Waals surface area contributed by atoms with E-state index in [1.54, 1.807) is 0 Å². The third-order valence-electron chi connectivity index (χ3n) is 5.21. The number of carbonyl (C=O) groups excluding carboxylic acids is 1. The van der Waals surface area contributed by atoms with Crippen LogP contribution in [0.25, 0.3) is 10.9 Å². The quantitative estimate of drug-likeness (QED) is 0.684. The number of aromatic nitrogens is 1. The van der Waals surface area contributed by atoms with Gasteiger partial charge < -0.3 is 19.8 Å². The first kappa shape index (κ1) is 17.5.